The van der Waals surface area contributed by atoms with Gasteiger partial charge in [0.2, 0.25) is 5.91 Å². The molecule has 0 aromatic rings. The number of carbonyl (C=O) groups is 2. The standard InChI is InChI=1S/C14H25NO4/c1-9(2)14(3,19)8-15-12(16)10-5-4-6-11(7-10)13(17)18/h9-11,19H,4-8H2,1-3H3,(H,15,16)(H,17,18). The van der Waals surface area contributed by atoms with Gasteiger partial charge in [0.25, 0.3) is 0 Å². The maximum atomic E-state index is 12.0. The molecule has 0 bridgehead atoms. The number of carboxylic acid groups (broad SMARTS) is 1. The molecular formula is C14H25NO4. The van der Waals surface area contributed by atoms with Gasteiger partial charge in [0.1, 0.15) is 0 Å². The van der Waals surface area contributed by atoms with E-state index in [4.69, 9.17) is 5.11 Å². The van der Waals surface area contributed by atoms with E-state index in [-0.39, 0.29) is 24.3 Å². The van der Waals surface area contributed by atoms with Gasteiger partial charge in [-0.2, -0.15) is 0 Å². The molecule has 0 saturated heterocycles. The minimum atomic E-state index is -0.934. The van der Waals surface area contributed by atoms with Gasteiger partial charge in [-0.05, 0) is 32.1 Å². The predicted molar refractivity (Wildman–Crippen MR) is 71.6 cm³/mol. The van der Waals surface area contributed by atoms with E-state index < -0.39 is 17.5 Å². The van der Waals surface area contributed by atoms with Gasteiger partial charge in [-0.3, -0.25) is 9.59 Å². The van der Waals surface area contributed by atoms with E-state index in [1.807, 2.05) is 13.8 Å². The quantitative estimate of drug-likeness (QED) is 0.705. The van der Waals surface area contributed by atoms with Crippen molar-refractivity contribution in [3.63, 3.8) is 0 Å². The van der Waals surface area contributed by atoms with Crippen molar-refractivity contribution in [1.29, 1.82) is 0 Å². The fourth-order valence-corrected chi connectivity index (χ4v) is 2.27. The number of aliphatic hydroxyl groups is 1. The SMILES string of the molecule is CC(C)C(C)(O)CNC(=O)C1CCCC(C(=O)O)C1. The summed E-state index contributed by atoms with van der Waals surface area (Å²) in [6.07, 6.45) is 2.57. The molecule has 110 valence electrons. The predicted octanol–water partition coefficient (Wildman–Crippen LogP) is 1.40. The number of aliphatic carboxylic acids is 1. The average molecular weight is 271 g/mol. The first-order chi connectivity index (χ1) is 8.74. The van der Waals surface area contributed by atoms with Crippen LogP contribution in [0.5, 0.6) is 0 Å². The average Bonchev–Trinajstić information content (AvgIpc) is 2.36. The Kier molecular flexibility index (Phi) is 5.35. The third kappa shape index (κ3) is 4.49. The van der Waals surface area contributed by atoms with E-state index in [2.05, 4.69) is 5.32 Å². The van der Waals surface area contributed by atoms with E-state index in [9.17, 15) is 14.7 Å². The molecule has 19 heavy (non-hydrogen) atoms. The van der Waals surface area contributed by atoms with Gasteiger partial charge in [0, 0.05) is 12.5 Å². The van der Waals surface area contributed by atoms with Gasteiger partial charge < -0.3 is 15.5 Å². The Bertz CT molecular complexity index is 338. The van der Waals surface area contributed by atoms with Gasteiger partial charge >= 0.3 is 5.97 Å². The molecule has 3 N–H and O–H groups in total. The molecule has 1 fully saturated rings. The Morgan fingerprint density at radius 1 is 1.32 bits per heavy atom. The van der Waals surface area contributed by atoms with Crippen LogP contribution in [0.2, 0.25) is 0 Å². The number of carbonyl (C=O) groups excluding carboxylic acids is 1. The van der Waals surface area contributed by atoms with E-state index >= 15 is 0 Å². The third-order valence-corrected chi connectivity index (χ3v) is 4.26. The molecule has 0 heterocycles. The van der Waals surface area contributed by atoms with Gasteiger partial charge in [-0.1, -0.05) is 20.3 Å². The van der Waals surface area contributed by atoms with E-state index in [1.165, 1.54) is 0 Å². The summed E-state index contributed by atoms with van der Waals surface area (Å²) in [6, 6.07) is 0. The van der Waals surface area contributed by atoms with Crippen molar-refractivity contribution in [2.24, 2.45) is 17.8 Å². The zero-order valence-corrected chi connectivity index (χ0v) is 12.0. The van der Waals surface area contributed by atoms with Crippen LogP contribution in [0.15, 0.2) is 0 Å². The Labute approximate surface area is 114 Å². The van der Waals surface area contributed by atoms with Crippen molar-refractivity contribution in [1.82, 2.24) is 5.32 Å². The molecule has 0 spiro atoms. The molecule has 0 aromatic carbocycles. The summed E-state index contributed by atoms with van der Waals surface area (Å²) < 4.78 is 0. The Morgan fingerprint density at radius 3 is 2.42 bits per heavy atom. The number of rotatable bonds is 5. The van der Waals surface area contributed by atoms with Crippen LogP contribution < -0.4 is 5.32 Å². The van der Waals surface area contributed by atoms with Crippen molar-refractivity contribution in [2.45, 2.75) is 52.1 Å². The topological polar surface area (TPSA) is 86.6 Å². The van der Waals surface area contributed by atoms with Crippen LogP contribution in [0.3, 0.4) is 0 Å². The van der Waals surface area contributed by atoms with Gasteiger partial charge in [-0.15, -0.1) is 0 Å². The van der Waals surface area contributed by atoms with Crippen LogP contribution in [0.4, 0.5) is 0 Å². The van der Waals surface area contributed by atoms with E-state index in [0.717, 1.165) is 12.8 Å². The van der Waals surface area contributed by atoms with Crippen LogP contribution in [0, 0.1) is 17.8 Å². The number of nitrogens with one attached hydrogen (secondary N) is 1. The summed E-state index contributed by atoms with van der Waals surface area (Å²) >= 11 is 0. The van der Waals surface area contributed by atoms with Crippen molar-refractivity contribution < 1.29 is 19.8 Å². The van der Waals surface area contributed by atoms with Crippen molar-refractivity contribution >= 4 is 11.9 Å². The highest BCUT2D eigenvalue weighted by atomic mass is 16.4. The zero-order chi connectivity index (χ0) is 14.6. The molecule has 0 aliphatic heterocycles. The number of amides is 1. The lowest BCUT2D eigenvalue weighted by molar-refractivity contribution is -0.144. The highest BCUT2D eigenvalue weighted by Gasteiger charge is 2.32. The van der Waals surface area contributed by atoms with Crippen LogP contribution in [-0.4, -0.2) is 34.2 Å². The van der Waals surface area contributed by atoms with Crippen LogP contribution in [0.25, 0.3) is 0 Å². The zero-order valence-electron chi connectivity index (χ0n) is 12.0. The lowest BCUT2D eigenvalue weighted by Crippen LogP contribution is -2.46. The first-order valence-electron chi connectivity index (χ1n) is 6.97. The second-order valence-corrected chi connectivity index (χ2v) is 6.13. The maximum absolute atomic E-state index is 12.0. The molecule has 1 rings (SSSR count). The molecule has 0 aromatic heterocycles. The molecule has 1 amide bonds. The first-order valence-corrected chi connectivity index (χ1v) is 6.97. The monoisotopic (exact) mass is 271 g/mol. The molecule has 1 aliphatic carbocycles. The lowest BCUT2D eigenvalue weighted by Gasteiger charge is -2.30. The summed E-state index contributed by atoms with van der Waals surface area (Å²) in [5.41, 5.74) is -0.934. The number of hydrogen-bond acceptors (Lipinski definition) is 3. The summed E-state index contributed by atoms with van der Waals surface area (Å²) in [4.78, 5) is 23.0. The Morgan fingerprint density at radius 2 is 1.89 bits per heavy atom. The van der Waals surface area contributed by atoms with Gasteiger partial charge in [0.05, 0.1) is 11.5 Å². The van der Waals surface area contributed by atoms with E-state index in [1.54, 1.807) is 6.92 Å². The normalized spacial score (nSPS) is 26.8. The van der Waals surface area contributed by atoms with E-state index in [0.29, 0.717) is 12.8 Å². The molecule has 5 nitrogen and oxygen atoms in total. The summed E-state index contributed by atoms with van der Waals surface area (Å²) in [6.45, 7) is 5.69. The second-order valence-electron chi connectivity index (χ2n) is 6.13. The summed E-state index contributed by atoms with van der Waals surface area (Å²) in [5, 5.41) is 21.8. The maximum Gasteiger partial charge on any atom is 0.306 e. The highest BCUT2D eigenvalue weighted by Crippen LogP contribution is 2.29. The molecular weight excluding hydrogens is 246 g/mol. The Hall–Kier alpha value is -1.10. The van der Waals surface area contributed by atoms with Gasteiger partial charge in [-0.25, -0.2) is 0 Å². The minimum absolute atomic E-state index is 0.0472. The van der Waals surface area contributed by atoms with Crippen LogP contribution in [0.1, 0.15) is 46.5 Å². The fourth-order valence-electron chi connectivity index (χ4n) is 2.27. The molecule has 5 heteroatoms. The van der Waals surface area contributed by atoms with Crippen molar-refractivity contribution in [3.8, 4) is 0 Å². The molecule has 0 radical (unpaired) electrons. The van der Waals surface area contributed by atoms with Crippen LogP contribution >= 0.6 is 0 Å². The second kappa shape index (κ2) is 6.37. The fraction of sp³-hybridized carbons (Fsp3) is 0.857. The van der Waals surface area contributed by atoms with Crippen LogP contribution in [-0.2, 0) is 9.59 Å². The largest absolute Gasteiger partial charge is 0.481 e. The highest BCUT2D eigenvalue weighted by molar-refractivity contribution is 5.80. The molecule has 3 atom stereocenters. The van der Waals surface area contributed by atoms with Gasteiger partial charge in [0.15, 0.2) is 0 Å². The molecule has 1 aliphatic rings. The lowest BCUT2D eigenvalue weighted by atomic mass is 9.81. The first kappa shape index (κ1) is 16.0. The molecule has 3 unspecified atom stereocenters. The third-order valence-electron chi connectivity index (χ3n) is 4.26. The summed E-state index contributed by atoms with van der Waals surface area (Å²) in [7, 11) is 0. The van der Waals surface area contributed by atoms with Crippen molar-refractivity contribution in [2.75, 3.05) is 6.54 Å². The van der Waals surface area contributed by atoms with Crippen molar-refractivity contribution in [3.05, 3.63) is 0 Å². The summed E-state index contributed by atoms with van der Waals surface area (Å²) in [5.74, 6) is -1.54. The number of carboxylic acids is 1. The molecule has 1 saturated carbocycles. The number of hydrogen-bond donors (Lipinski definition) is 3. The Balaban J connectivity index is 2.47. The smallest absolute Gasteiger partial charge is 0.306 e. The minimum Gasteiger partial charge on any atom is -0.481 e.